The van der Waals surface area contributed by atoms with Crippen LogP contribution < -0.4 is 26.4 Å². The number of nitrogens with two attached hydrogens (primary N) is 1. The van der Waals surface area contributed by atoms with Crippen molar-refractivity contribution in [3.8, 4) is 11.5 Å². The summed E-state index contributed by atoms with van der Waals surface area (Å²) in [4.78, 5) is 82.0. The number of carboxylic acids is 4. The number of aromatic hydroxyl groups is 1. The second kappa shape index (κ2) is 17.5. The quantitative estimate of drug-likeness (QED) is 0.0549. The fraction of sp³-hybridized carbons (Fsp3) is 0.480. The number of nitrogens with one attached hydrogen (secondary N) is 3. The molecule has 4 unspecified atom stereocenters. The maximum atomic E-state index is 12.8. The topological polar surface area (TPSA) is 342 Å². The van der Waals surface area contributed by atoms with Crippen molar-refractivity contribution in [2.45, 2.75) is 59.7 Å². The van der Waals surface area contributed by atoms with E-state index in [4.69, 9.17) is 30.5 Å². The van der Waals surface area contributed by atoms with Crippen molar-refractivity contribution < 1.29 is 78.8 Å². The van der Waals surface area contributed by atoms with Crippen LogP contribution in [-0.4, -0.2) is 138 Å². The second-order valence-corrected chi connectivity index (χ2v) is 11.4. The summed E-state index contributed by atoms with van der Waals surface area (Å²) < 4.78 is 10.8. The number of thiol groups is 1. The molecule has 0 aliphatic carbocycles. The summed E-state index contributed by atoms with van der Waals surface area (Å²) in [7, 11) is 0. The molecule has 1 heterocycles. The third kappa shape index (κ3) is 11.4. The lowest BCUT2D eigenvalue weighted by molar-refractivity contribution is -0.234. The van der Waals surface area contributed by atoms with Gasteiger partial charge in [-0.1, -0.05) is 0 Å². The Morgan fingerprint density at radius 2 is 1.60 bits per heavy atom. The Balaban J connectivity index is 2.45. The molecule has 1 aliphatic rings. The van der Waals surface area contributed by atoms with Crippen LogP contribution in [0.4, 0.5) is 0 Å². The number of amides is 3. The average molecular weight is 709 g/mol. The number of carbonyl (C=O) groups excluding carboxylic acids is 3. The molecule has 47 heavy (non-hydrogen) atoms. The van der Waals surface area contributed by atoms with E-state index in [2.05, 4.69) is 23.3 Å². The predicted molar refractivity (Wildman–Crippen MR) is 158 cm³/mol. The van der Waals surface area contributed by atoms with Gasteiger partial charge in [0.1, 0.15) is 48.9 Å². The lowest BCUT2D eigenvalue weighted by atomic mass is 10.0. The number of aliphatic hydroxyl groups is 2. The molecule has 0 radical (unpaired) electrons. The van der Waals surface area contributed by atoms with Crippen molar-refractivity contribution in [2.24, 2.45) is 5.73 Å². The van der Waals surface area contributed by atoms with Crippen molar-refractivity contribution in [1.82, 2.24) is 16.0 Å². The predicted octanol–water partition coefficient (Wildman–Crippen LogP) is -3.62. The molecule has 0 aromatic heterocycles. The smallest absolute Gasteiger partial charge is 0.335 e. The van der Waals surface area contributed by atoms with E-state index < -0.39 is 120 Å². The molecule has 2 rings (SSSR count). The van der Waals surface area contributed by atoms with Gasteiger partial charge < -0.3 is 66.9 Å². The number of benzene rings is 1. The fourth-order valence-electron chi connectivity index (χ4n) is 3.80. The van der Waals surface area contributed by atoms with Gasteiger partial charge >= 0.3 is 23.9 Å². The van der Waals surface area contributed by atoms with E-state index in [1.54, 1.807) is 0 Å². The maximum absolute atomic E-state index is 12.8. The van der Waals surface area contributed by atoms with Crippen LogP contribution in [0.15, 0.2) is 17.0 Å². The second-order valence-electron chi connectivity index (χ2n) is 9.78. The zero-order valence-corrected chi connectivity index (χ0v) is 25.7. The summed E-state index contributed by atoms with van der Waals surface area (Å²) >= 11 is 4.60. The zero-order chi connectivity index (χ0) is 35.6. The molecule has 260 valence electrons. The highest BCUT2D eigenvalue weighted by molar-refractivity contribution is 7.99. The Morgan fingerprint density at radius 3 is 2.17 bits per heavy atom. The van der Waals surface area contributed by atoms with E-state index in [-0.39, 0.29) is 16.9 Å². The normalized spacial score (nSPS) is 21.8. The Hall–Kier alpha value is -4.35. The number of phenols is 1. The van der Waals surface area contributed by atoms with Crippen molar-refractivity contribution >= 4 is 66.0 Å². The summed E-state index contributed by atoms with van der Waals surface area (Å²) in [6.45, 7) is -1.67. The minimum atomic E-state index is -1.94. The van der Waals surface area contributed by atoms with Gasteiger partial charge in [0.2, 0.25) is 18.1 Å². The largest absolute Gasteiger partial charge is 0.507 e. The third-order valence-corrected chi connectivity index (χ3v) is 8.02. The molecular formula is C25H32N4O16S2. The SMILES string of the molecule is NC(CCC(=O)NC(CSc1c(O)cc(C(=O)NCC(=O)O)cc1OC1OC(C(=O)O)[C@@H](O)[C@H](S)[C@H]1O)C(=O)NCC(=O)O)C(=O)O. The molecule has 22 heteroatoms. The molecule has 1 aromatic rings. The van der Waals surface area contributed by atoms with Gasteiger partial charge in [-0.05, 0) is 18.6 Å². The molecule has 1 fully saturated rings. The molecule has 7 atom stereocenters. The number of aliphatic hydroxyl groups excluding tert-OH is 2. The van der Waals surface area contributed by atoms with Crippen LogP contribution in [0, 0.1) is 0 Å². The zero-order valence-electron chi connectivity index (χ0n) is 24.0. The van der Waals surface area contributed by atoms with Gasteiger partial charge in [0.05, 0.1) is 10.1 Å². The van der Waals surface area contributed by atoms with E-state index in [0.717, 1.165) is 12.1 Å². The van der Waals surface area contributed by atoms with Gasteiger partial charge in [0.15, 0.2) is 6.10 Å². The average Bonchev–Trinajstić information content (AvgIpc) is 2.99. The lowest BCUT2D eigenvalue weighted by Crippen LogP contribution is -2.59. The molecule has 20 nitrogen and oxygen atoms in total. The number of phenolic OH excluding ortho intramolecular Hbond substituents is 1. The molecule has 12 N–H and O–H groups in total. The molecule has 0 saturated carbocycles. The lowest BCUT2D eigenvalue weighted by Gasteiger charge is -2.39. The van der Waals surface area contributed by atoms with Crippen LogP contribution in [0.25, 0.3) is 0 Å². The number of ether oxygens (including phenoxy) is 2. The Bertz CT molecular complexity index is 1380. The van der Waals surface area contributed by atoms with Gasteiger partial charge in [-0.25, -0.2) is 4.79 Å². The number of carbonyl (C=O) groups is 7. The molecule has 1 saturated heterocycles. The van der Waals surface area contributed by atoms with Gasteiger partial charge in [0, 0.05) is 17.7 Å². The monoisotopic (exact) mass is 708 g/mol. The minimum Gasteiger partial charge on any atom is -0.507 e. The van der Waals surface area contributed by atoms with Gasteiger partial charge in [-0.15, -0.1) is 11.8 Å². The minimum absolute atomic E-state index is 0.289. The molecular weight excluding hydrogens is 676 g/mol. The summed E-state index contributed by atoms with van der Waals surface area (Å²) in [5, 5.41) is 72.7. The first-order valence-corrected chi connectivity index (χ1v) is 14.8. The van der Waals surface area contributed by atoms with Crippen molar-refractivity contribution in [2.75, 3.05) is 18.8 Å². The van der Waals surface area contributed by atoms with Gasteiger partial charge in [-0.2, -0.15) is 12.6 Å². The third-order valence-electron chi connectivity index (χ3n) is 6.21. The van der Waals surface area contributed by atoms with E-state index in [1.807, 2.05) is 5.32 Å². The Kier molecular flexibility index (Phi) is 14.5. The van der Waals surface area contributed by atoms with Crippen LogP contribution in [-0.2, 0) is 33.5 Å². The van der Waals surface area contributed by atoms with Crippen LogP contribution >= 0.6 is 24.4 Å². The highest BCUT2D eigenvalue weighted by Gasteiger charge is 2.47. The molecule has 1 aliphatic heterocycles. The Labute approximate surface area is 274 Å². The molecule has 0 spiro atoms. The van der Waals surface area contributed by atoms with Crippen LogP contribution in [0.2, 0.25) is 0 Å². The maximum Gasteiger partial charge on any atom is 0.335 e. The molecule has 1 aromatic carbocycles. The van der Waals surface area contributed by atoms with Gasteiger partial charge in [0.25, 0.3) is 5.91 Å². The number of hydrogen-bond acceptors (Lipinski definition) is 15. The highest BCUT2D eigenvalue weighted by atomic mass is 32.2. The number of carboxylic acid groups (broad SMARTS) is 4. The van der Waals surface area contributed by atoms with Crippen LogP contribution in [0.1, 0.15) is 23.2 Å². The van der Waals surface area contributed by atoms with Crippen LogP contribution in [0.3, 0.4) is 0 Å². The van der Waals surface area contributed by atoms with Crippen LogP contribution in [0.5, 0.6) is 11.5 Å². The highest BCUT2D eigenvalue weighted by Crippen LogP contribution is 2.40. The number of aliphatic carboxylic acids is 4. The van der Waals surface area contributed by atoms with Crippen molar-refractivity contribution in [1.29, 1.82) is 0 Å². The molecule has 0 bridgehead atoms. The first-order chi connectivity index (χ1) is 21.9. The first-order valence-electron chi connectivity index (χ1n) is 13.3. The number of rotatable bonds is 17. The fourth-order valence-corrected chi connectivity index (χ4v) is 5.12. The van der Waals surface area contributed by atoms with E-state index in [0.29, 0.717) is 11.8 Å². The van der Waals surface area contributed by atoms with E-state index in [9.17, 15) is 54.0 Å². The van der Waals surface area contributed by atoms with Gasteiger partial charge in [-0.3, -0.25) is 28.8 Å². The van der Waals surface area contributed by atoms with Crippen molar-refractivity contribution in [3.63, 3.8) is 0 Å². The number of hydrogen-bond donors (Lipinski definition) is 12. The van der Waals surface area contributed by atoms with E-state index >= 15 is 0 Å². The Morgan fingerprint density at radius 1 is 0.979 bits per heavy atom. The summed E-state index contributed by atoms with van der Waals surface area (Å²) in [6, 6.07) is -1.09. The number of thioether (sulfide) groups is 1. The summed E-state index contributed by atoms with van der Waals surface area (Å²) in [6.07, 6.45) is -8.17. The first kappa shape index (κ1) is 38.8. The summed E-state index contributed by atoms with van der Waals surface area (Å²) in [5.41, 5.74) is 5.01. The van der Waals surface area contributed by atoms with E-state index in [1.165, 1.54) is 0 Å². The standard InChI is InChI=1S/C25H32N4O16S2/c26-9(23(40)41)1-2-13(31)29-10(22(39)28-6-15(34)35)7-47-20-11(30)3-8(21(38)27-5-14(32)33)4-12(20)44-25-17(37)19(46)16(36)18(45-25)24(42)43/h3-4,9-10,16-19,25,30,36-37,46H,1-2,5-7,26H2,(H,27,38)(H,28,39)(H,29,31)(H,32,33)(H,34,35)(H,40,41)(H,42,43)/t9?,10?,16-,17-,18?,19+,25?/m1/s1. The van der Waals surface area contributed by atoms with Crippen molar-refractivity contribution in [3.05, 3.63) is 17.7 Å². The molecule has 3 amide bonds. The summed E-state index contributed by atoms with van der Waals surface area (Å²) in [5.74, 6) is -10.4.